The highest BCUT2D eigenvalue weighted by molar-refractivity contribution is 7.99. The zero-order chi connectivity index (χ0) is 20.1. The van der Waals surface area contributed by atoms with E-state index in [2.05, 4.69) is 19.1 Å². The van der Waals surface area contributed by atoms with Crippen molar-refractivity contribution in [2.75, 3.05) is 19.5 Å². The first-order valence-corrected chi connectivity index (χ1v) is 11.1. The van der Waals surface area contributed by atoms with Crippen LogP contribution in [0, 0.1) is 0 Å². The molecule has 0 bridgehead atoms. The van der Waals surface area contributed by atoms with Crippen molar-refractivity contribution in [1.29, 1.82) is 0 Å². The van der Waals surface area contributed by atoms with Gasteiger partial charge in [-0.25, -0.2) is 0 Å². The summed E-state index contributed by atoms with van der Waals surface area (Å²) in [4.78, 5) is 0. The van der Waals surface area contributed by atoms with Crippen molar-refractivity contribution in [1.82, 2.24) is 0 Å². The van der Waals surface area contributed by atoms with Gasteiger partial charge in [0.1, 0.15) is 29.9 Å². The highest BCUT2D eigenvalue weighted by Gasteiger charge is 2.50. The topological polar surface area (TPSA) is 46.2 Å². The number of rotatable bonds is 7. The van der Waals surface area contributed by atoms with E-state index in [9.17, 15) is 0 Å². The number of benzene rings is 2. The Morgan fingerprint density at radius 3 is 2.38 bits per heavy atom. The van der Waals surface area contributed by atoms with Crippen LogP contribution in [0.1, 0.15) is 24.3 Å². The second-order valence-electron chi connectivity index (χ2n) is 7.14. The van der Waals surface area contributed by atoms with Crippen LogP contribution in [0.2, 0.25) is 0 Å². The van der Waals surface area contributed by atoms with Crippen LogP contribution >= 0.6 is 11.8 Å². The normalized spacial score (nSPS) is 31.9. The largest absolute Gasteiger partial charge is 0.376 e. The maximum atomic E-state index is 6.36. The summed E-state index contributed by atoms with van der Waals surface area (Å²) in [5.41, 5.74) is 1.99. The smallest absolute Gasteiger partial charge is 0.184 e. The molecule has 2 fully saturated rings. The Balaban J connectivity index is 1.51. The van der Waals surface area contributed by atoms with E-state index < -0.39 is 6.29 Å². The van der Waals surface area contributed by atoms with Crippen LogP contribution in [0.5, 0.6) is 0 Å². The lowest BCUT2D eigenvalue weighted by Gasteiger charge is -2.48. The second kappa shape index (κ2) is 10.1. The number of thioether (sulfide) groups is 1. The van der Waals surface area contributed by atoms with Gasteiger partial charge in [-0.15, -0.1) is 11.8 Å². The molecule has 0 spiro atoms. The summed E-state index contributed by atoms with van der Waals surface area (Å²) in [6, 6.07) is 20.1. The molecule has 0 radical (unpaired) electrons. The van der Waals surface area contributed by atoms with E-state index in [0.29, 0.717) is 13.2 Å². The van der Waals surface area contributed by atoms with Crippen molar-refractivity contribution >= 4 is 11.8 Å². The van der Waals surface area contributed by atoms with Crippen molar-refractivity contribution in [3.63, 3.8) is 0 Å². The summed E-state index contributed by atoms with van der Waals surface area (Å²) in [6.45, 7) is 3.09. The number of hydrogen-bond donors (Lipinski definition) is 0. The summed E-state index contributed by atoms with van der Waals surface area (Å²) in [5, 5.41) is 0. The molecule has 2 aromatic carbocycles. The van der Waals surface area contributed by atoms with E-state index in [1.54, 1.807) is 18.9 Å². The van der Waals surface area contributed by atoms with Gasteiger partial charge in [0.15, 0.2) is 6.29 Å². The summed E-state index contributed by atoms with van der Waals surface area (Å²) in [7, 11) is 1.72. The van der Waals surface area contributed by atoms with Gasteiger partial charge in [-0.2, -0.15) is 0 Å². The van der Waals surface area contributed by atoms with Crippen LogP contribution in [-0.4, -0.2) is 49.3 Å². The van der Waals surface area contributed by atoms with E-state index in [-0.39, 0.29) is 29.9 Å². The number of ether oxygens (including phenoxy) is 5. The first-order chi connectivity index (χ1) is 14.3. The molecule has 2 saturated heterocycles. The number of fused-ring (bicyclic) bond motifs is 1. The maximum Gasteiger partial charge on any atom is 0.184 e. The van der Waals surface area contributed by atoms with Crippen molar-refractivity contribution < 1.29 is 23.7 Å². The van der Waals surface area contributed by atoms with Crippen molar-refractivity contribution in [3.8, 4) is 0 Å². The van der Waals surface area contributed by atoms with Gasteiger partial charge in [0.2, 0.25) is 0 Å². The third-order valence-electron chi connectivity index (χ3n) is 5.24. The molecule has 6 heteroatoms. The minimum atomic E-state index is -0.427. The van der Waals surface area contributed by atoms with Gasteiger partial charge in [-0.3, -0.25) is 0 Å². The molecule has 156 valence electrons. The summed E-state index contributed by atoms with van der Waals surface area (Å²) in [6.07, 6.45) is -1.34. The lowest BCUT2D eigenvalue weighted by Crippen LogP contribution is -2.62. The van der Waals surface area contributed by atoms with E-state index in [1.807, 2.05) is 48.5 Å². The van der Waals surface area contributed by atoms with E-state index in [4.69, 9.17) is 23.7 Å². The molecule has 0 saturated carbocycles. The molecule has 5 nitrogen and oxygen atoms in total. The van der Waals surface area contributed by atoms with Gasteiger partial charge < -0.3 is 23.7 Å². The van der Waals surface area contributed by atoms with Crippen LogP contribution < -0.4 is 0 Å². The standard InChI is InChI=1S/C23H28O5S/c1-3-29-23-21(25-14-16-10-6-4-7-11-16)20(24-2)19-18(27-23)15-26-22(28-19)17-12-8-5-9-13-17/h4-13,18-23H,3,14-15H2,1-2H3/t18-,19-,20+,21-,22?,23+/m1/s1. The summed E-state index contributed by atoms with van der Waals surface area (Å²) < 4.78 is 30.9. The third kappa shape index (κ3) is 4.85. The molecule has 2 heterocycles. The van der Waals surface area contributed by atoms with E-state index in [0.717, 1.165) is 16.9 Å². The van der Waals surface area contributed by atoms with Gasteiger partial charge in [0.05, 0.1) is 13.2 Å². The highest BCUT2D eigenvalue weighted by atomic mass is 32.2. The Kier molecular flexibility index (Phi) is 7.24. The summed E-state index contributed by atoms with van der Waals surface area (Å²) >= 11 is 1.73. The van der Waals surface area contributed by atoms with Gasteiger partial charge >= 0.3 is 0 Å². The molecule has 2 aromatic rings. The van der Waals surface area contributed by atoms with Crippen LogP contribution in [-0.2, 0) is 30.3 Å². The molecule has 0 aromatic heterocycles. The highest BCUT2D eigenvalue weighted by Crippen LogP contribution is 2.39. The van der Waals surface area contributed by atoms with Crippen LogP contribution in [0.4, 0.5) is 0 Å². The molecule has 0 aliphatic carbocycles. The average molecular weight is 417 g/mol. The third-order valence-corrected chi connectivity index (χ3v) is 6.29. The SMILES string of the molecule is CCS[C@@H]1O[C@@H]2COC(c3ccccc3)O[C@H]2[C@H](OC)[C@H]1OCc1ccccc1. The Morgan fingerprint density at radius 1 is 0.966 bits per heavy atom. The van der Waals surface area contributed by atoms with Gasteiger partial charge in [0.25, 0.3) is 0 Å². The molecule has 0 amide bonds. The predicted molar refractivity (Wildman–Crippen MR) is 113 cm³/mol. The lowest BCUT2D eigenvalue weighted by molar-refractivity contribution is -0.325. The van der Waals surface area contributed by atoms with Crippen molar-refractivity contribution in [3.05, 3.63) is 71.8 Å². The molecule has 2 aliphatic rings. The minimum Gasteiger partial charge on any atom is -0.376 e. The number of hydrogen-bond acceptors (Lipinski definition) is 6. The Bertz CT molecular complexity index is 743. The Morgan fingerprint density at radius 2 is 1.69 bits per heavy atom. The lowest BCUT2D eigenvalue weighted by atomic mass is 9.98. The minimum absolute atomic E-state index is 0.129. The second-order valence-corrected chi connectivity index (χ2v) is 8.51. The van der Waals surface area contributed by atoms with Gasteiger partial charge in [-0.1, -0.05) is 67.6 Å². The first kappa shape index (κ1) is 20.8. The zero-order valence-electron chi connectivity index (χ0n) is 16.8. The number of methoxy groups -OCH3 is 1. The molecule has 29 heavy (non-hydrogen) atoms. The van der Waals surface area contributed by atoms with Gasteiger partial charge in [0, 0.05) is 12.7 Å². The molecule has 4 rings (SSSR count). The molecule has 0 N–H and O–H groups in total. The molecule has 1 unspecified atom stereocenters. The van der Waals surface area contributed by atoms with Gasteiger partial charge in [-0.05, 0) is 11.3 Å². The average Bonchev–Trinajstić information content (AvgIpc) is 2.78. The predicted octanol–water partition coefficient (Wildman–Crippen LogP) is 4.18. The molecular weight excluding hydrogens is 388 g/mol. The van der Waals surface area contributed by atoms with Crippen molar-refractivity contribution in [2.24, 2.45) is 0 Å². The molecule has 6 atom stereocenters. The maximum absolute atomic E-state index is 6.36. The fraction of sp³-hybridized carbons (Fsp3) is 0.478. The summed E-state index contributed by atoms with van der Waals surface area (Å²) in [5.74, 6) is 0.929. The van der Waals surface area contributed by atoms with Crippen LogP contribution in [0.25, 0.3) is 0 Å². The quantitative estimate of drug-likeness (QED) is 0.675. The van der Waals surface area contributed by atoms with E-state index in [1.165, 1.54) is 0 Å². The fourth-order valence-electron chi connectivity index (χ4n) is 3.84. The Hall–Kier alpha value is -1.41. The van der Waals surface area contributed by atoms with Crippen molar-refractivity contribution in [2.45, 2.75) is 49.7 Å². The molecule has 2 aliphatic heterocycles. The monoisotopic (exact) mass is 416 g/mol. The Labute approximate surface area is 176 Å². The zero-order valence-corrected chi connectivity index (χ0v) is 17.6. The molecular formula is C23H28O5S. The van der Waals surface area contributed by atoms with Crippen LogP contribution in [0.15, 0.2) is 60.7 Å². The van der Waals surface area contributed by atoms with Crippen LogP contribution in [0.3, 0.4) is 0 Å². The fourth-order valence-corrected chi connectivity index (χ4v) is 4.81. The first-order valence-electron chi connectivity index (χ1n) is 10.1. The van der Waals surface area contributed by atoms with E-state index >= 15 is 0 Å².